The van der Waals surface area contributed by atoms with Gasteiger partial charge in [0.2, 0.25) is 11.8 Å². The van der Waals surface area contributed by atoms with E-state index in [1.165, 1.54) is 0 Å². The lowest BCUT2D eigenvalue weighted by atomic mass is 9.93. The van der Waals surface area contributed by atoms with Gasteiger partial charge >= 0.3 is 0 Å². The molecule has 1 N–H and O–H groups in total. The van der Waals surface area contributed by atoms with Crippen LogP contribution in [-0.2, 0) is 9.59 Å². The first-order valence-electron chi connectivity index (χ1n) is 9.09. The maximum absolute atomic E-state index is 12.9. The molecule has 4 nitrogen and oxygen atoms in total. The average Bonchev–Trinajstić information content (AvgIpc) is 2.64. The van der Waals surface area contributed by atoms with Crippen LogP contribution in [0.5, 0.6) is 0 Å². The Labute approximate surface area is 150 Å². The number of rotatable bonds is 6. The van der Waals surface area contributed by atoms with Gasteiger partial charge in [0.25, 0.3) is 0 Å². The minimum Gasteiger partial charge on any atom is -0.350 e. The second-order valence-corrected chi connectivity index (χ2v) is 6.36. The summed E-state index contributed by atoms with van der Waals surface area (Å²) in [6.45, 7) is 5.37. The lowest BCUT2D eigenvalue weighted by molar-refractivity contribution is -0.134. The zero-order valence-corrected chi connectivity index (χ0v) is 15.2. The topological polar surface area (TPSA) is 49.4 Å². The molecule has 1 aromatic carbocycles. The van der Waals surface area contributed by atoms with Crippen LogP contribution in [0.15, 0.2) is 54.6 Å². The van der Waals surface area contributed by atoms with Crippen molar-refractivity contribution in [1.29, 1.82) is 0 Å². The number of carbonyl (C=O) groups excluding carboxylic acids is 2. The zero-order valence-electron chi connectivity index (χ0n) is 15.2. The van der Waals surface area contributed by atoms with Crippen LogP contribution >= 0.6 is 0 Å². The van der Waals surface area contributed by atoms with Crippen molar-refractivity contribution in [2.24, 2.45) is 0 Å². The van der Waals surface area contributed by atoms with E-state index in [2.05, 4.69) is 12.2 Å². The third-order valence-corrected chi connectivity index (χ3v) is 4.61. The normalized spacial score (nSPS) is 17.1. The van der Waals surface area contributed by atoms with Crippen molar-refractivity contribution in [2.75, 3.05) is 13.1 Å². The minimum atomic E-state index is -0.0731. The van der Waals surface area contributed by atoms with Gasteiger partial charge in [-0.15, -0.1) is 0 Å². The van der Waals surface area contributed by atoms with Gasteiger partial charge in [0.15, 0.2) is 0 Å². The number of likely N-dealkylation sites (tertiary alicyclic amines) is 1. The number of amides is 2. The van der Waals surface area contributed by atoms with E-state index >= 15 is 0 Å². The third-order valence-electron chi connectivity index (χ3n) is 4.61. The van der Waals surface area contributed by atoms with Gasteiger partial charge in [-0.2, -0.15) is 0 Å². The number of nitrogens with zero attached hydrogens (tertiary/aromatic N) is 1. The average molecular weight is 340 g/mol. The van der Waals surface area contributed by atoms with E-state index in [1.54, 1.807) is 12.2 Å². The number of piperidine rings is 1. The highest BCUT2D eigenvalue weighted by atomic mass is 16.2. The maximum atomic E-state index is 12.9. The first-order chi connectivity index (χ1) is 12.2. The molecule has 0 aliphatic carbocycles. The first kappa shape index (κ1) is 19.0. The Balaban J connectivity index is 1.86. The van der Waals surface area contributed by atoms with E-state index in [4.69, 9.17) is 0 Å². The smallest absolute Gasteiger partial charge is 0.244 e. The number of hydrogen-bond acceptors (Lipinski definition) is 2. The molecule has 2 rings (SSSR count). The highest BCUT2D eigenvalue weighted by Crippen LogP contribution is 2.24. The van der Waals surface area contributed by atoms with Gasteiger partial charge in [-0.3, -0.25) is 9.59 Å². The van der Waals surface area contributed by atoms with Crippen LogP contribution in [0.25, 0.3) is 0 Å². The monoisotopic (exact) mass is 340 g/mol. The highest BCUT2D eigenvalue weighted by molar-refractivity contribution is 5.88. The summed E-state index contributed by atoms with van der Waals surface area (Å²) < 4.78 is 0. The van der Waals surface area contributed by atoms with Gasteiger partial charge in [0.1, 0.15) is 0 Å². The number of carbonyl (C=O) groups is 2. The number of hydrogen-bond donors (Lipinski definition) is 1. The predicted octanol–water partition coefficient (Wildman–Crippen LogP) is 3.42. The van der Waals surface area contributed by atoms with Gasteiger partial charge < -0.3 is 10.2 Å². The van der Waals surface area contributed by atoms with E-state index in [0.29, 0.717) is 13.1 Å². The standard InChI is InChI=1S/C21H28N2O2/c1-3-5-7-12-20(24)22-18-13-15-23(16-14-18)21(25)19(4-2)17-10-8-6-9-11-17/h3,5-12,18-19H,4,13-16H2,1-2H3,(H,22,24)/b5-3+,12-7-/t19-/m0/s1. The SMILES string of the molecule is C/C=C/C=C\C(=O)NC1CCN(C(=O)[C@@H](CC)c2ccccc2)CC1. The highest BCUT2D eigenvalue weighted by Gasteiger charge is 2.28. The van der Waals surface area contributed by atoms with Crippen molar-refractivity contribution >= 4 is 11.8 Å². The van der Waals surface area contributed by atoms with Gasteiger partial charge in [-0.25, -0.2) is 0 Å². The van der Waals surface area contributed by atoms with E-state index in [-0.39, 0.29) is 23.8 Å². The Bertz CT molecular complexity index is 614. The summed E-state index contributed by atoms with van der Waals surface area (Å²) in [5, 5.41) is 3.01. The summed E-state index contributed by atoms with van der Waals surface area (Å²) in [6, 6.07) is 10.1. The molecular formula is C21H28N2O2. The molecule has 25 heavy (non-hydrogen) atoms. The molecule has 2 amide bonds. The molecule has 1 saturated heterocycles. The lowest BCUT2D eigenvalue weighted by Gasteiger charge is -2.34. The molecule has 134 valence electrons. The number of allylic oxidation sites excluding steroid dienone is 3. The second-order valence-electron chi connectivity index (χ2n) is 6.36. The fourth-order valence-corrected chi connectivity index (χ4v) is 3.21. The molecule has 0 bridgehead atoms. The van der Waals surface area contributed by atoms with Crippen molar-refractivity contribution in [3.63, 3.8) is 0 Å². The Kier molecular flexibility index (Phi) is 7.45. The summed E-state index contributed by atoms with van der Waals surface area (Å²) in [4.78, 5) is 26.6. The first-order valence-corrected chi connectivity index (χ1v) is 9.09. The van der Waals surface area contributed by atoms with Gasteiger partial charge in [-0.1, -0.05) is 55.5 Å². The molecular weight excluding hydrogens is 312 g/mol. The molecule has 1 aromatic rings. The molecule has 0 aromatic heterocycles. The quantitative estimate of drug-likeness (QED) is 0.637. The largest absolute Gasteiger partial charge is 0.350 e. The predicted molar refractivity (Wildman–Crippen MR) is 101 cm³/mol. The Hall–Kier alpha value is -2.36. The van der Waals surface area contributed by atoms with Crippen LogP contribution in [0.4, 0.5) is 0 Å². The minimum absolute atomic E-state index is 0.0707. The van der Waals surface area contributed by atoms with Crippen molar-refractivity contribution in [2.45, 2.75) is 45.1 Å². The van der Waals surface area contributed by atoms with Crippen molar-refractivity contribution in [3.05, 3.63) is 60.2 Å². The van der Waals surface area contributed by atoms with Crippen LogP contribution in [0.2, 0.25) is 0 Å². The Morgan fingerprint density at radius 2 is 1.88 bits per heavy atom. The molecule has 1 fully saturated rings. The lowest BCUT2D eigenvalue weighted by Crippen LogP contribution is -2.47. The van der Waals surface area contributed by atoms with Crippen LogP contribution in [0.1, 0.15) is 44.6 Å². The zero-order chi connectivity index (χ0) is 18.1. The molecule has 0 unspecified atom stereocenters. The molecule has 0 radical (unpaired) electrons. The van der Waals surface area contributed by atoms with E-state index in [1.807, 2.05) is 54.3 Å². The Morgan fingerprint density at radius 1 is 1.20 bits per heavy atom. The van der Waals surface area contributed by atoms with Crippen LogP contribution in [-0.4, -0.2) is 35.8 Å². The number of benzene rings is 1. The fraction of sp³-hybridized carbons (Fsp3) is 0.429. The van der Waals surface area contributed by atoms with Crippen LogP contribution in [0.3, 0.4) is 0 Å². The fourth-order valence-electron chi connectivity index (χ4n) is 3.21. The van der Waals surface area contributed by atoms with E-state index in [9.17, 15) is 9.59 Å². The van der Waals surface area contributed by atoms with Crippen LogP contribution < -0.4 is 5.32 Å². The third kappa shape index (κ3) is 5.59. The summed E-state index contributed by atoms with van der Waals surface area (Å²) >= 11 is 0. The molecule has 1 aliphatic heterocycles. The molecule has 0 spiro atoms. The molecule has 1 aliphatic rings. The molecule has 1 heterocycles. The Morgan fingerprint density at radius 3 is 2.48 bits per heavy atom. The van der Waals surface area contributed by atoms with Crippen LogP contribution in [0, 0.1) is 0 Å². The van der Waals surface area contributed by atoms with Gasteiger partial charge in [0, 0.05) is 25.2 Å². The maximum Gasteiger partial charge on any atom is 0.244 e. The summed E-state index contributed by atoms with van der Waals surface area (Å²) in [5.41, 5.74) is 1.08. The van der Waals surface area contributed by atoms with Crippen molar-refractivity contribution in [3.8, 4) is 0 Å². The number of nitrogens with one attached hydrogen (secondary N) is 1. The molecule has 0 saturated carbocycles. The van der Waals surface area contributed by atoms with Crippen molar-refractivity contribution in [1.82, 2.24) is 10.2 Å². The molecule has 1 atom stereocenters. The summed E-state index contributed by atoms with van der Waals surface area (Å²) in [5.74, 6) is 0.0566. The van der Waals surface area contributed by atoms with Crippen molar-refractivity contribution < 1.29 is 9.59 Å². The van der Waals surface area contributed by atoms with E-state index < -0.39 is 0 Å². The van der Waals surface area contributed by atoms with E-state index in [0.717, 1.165) is 24.8 Å². The van der Waals surface area contributed by atoms with Gasteiger partial charge in [-0.05, 0) is 31.7 Å². The molecule has 4 heteroatoms. The summed E-state index contributed by atoms with van der Waals surface area (Å²) in [7, 11) is 0. The second kappa shape index (κ2) is 9.82. The van der Waals surface area contributed by atoms with Gasteiger partial charge in [0.05, 0.1) is 5.92 Å². The summed E-state index contributed by atoms with van der Waals surface area (Å²) in [6.07, 6.45) is 9.40.